The first-order valence-electron chi connectivity index (χ1n) is 6.91. The molecule has 3 nitrogen and oxygen atoms in total. The molecule has 1 amide bonds. The van der Waals surface area contributed by atoms with Crippen molar-refractivity contribution in [3.63, 3.8) is 0 Å². The molecular formula is C16H26N2O. The van der Waals surface area contributed by atoms with Crippen LogP contribution in [0.3, 0.4) is 0 Å². The summed E-state index contributed by atoms with van der Waals surface area (Å²) in [7, 11) is 1.84. The second-order valence-corrected chi connectivity index (χ2v) is 5.72. The Bertz CT molecular complexity index is 440. The van der Waals surface area contributed by atoms with E-state index in [0.29, 0.717) is 12.5 Å². The van der Waals surface area contributed by atoms with Crippen molar-refractivity contribution in [3.05, 3.63) is 34.9 Å². The minimum atomic E-state index is 0.0686. The Morgan fingerprint density at radius 1 is 1.26 bits per heavy atom. The van der Waals surface area contributed by atoms with Gasteiger partial charge in [-0.2, -0.15) is 0 Å². The fourth-order valence-corrected chi connectivity index (χ4v) is 1.87. The molecule has 0 aliphatic heterocycles. The monoisotopic (exact) mass is 262 g/mol. The van der Waals surface area contributed by atoms with Gasteiger partial charge in [0.1, 0.15) is 0 Å². The van der Waals surface area contributed by atoms with Crippen LogP contribution in [0, 0.1) is 19.8 Å². The van der Waals surface area contributed by atoms with Gasteiger partial charge in [-0.05, 0) is 49.4 Å². The lowest BCUT2D eigenvalue weighted by Crippen LogP contribution is -2.34. The third kappa shape index (κ3) is 4.35. The van der Waals surface area contributed by atoms with Gasteiger partial charge in [-0.1, -0.05) is 19.9 Å². The predicted molar refractivity (Wildman–Crippen MR) is 80.3 cm³/mol. The first-order valence-corrected chi connectivity index (χ1v) is 6.91. The standard InChI is InChI=1S/C16H26N2O/c1-11(2)15(17)8-9-18(5)16(19)14-7-6-12(3)13(4)10-14/h6-7,10-11,15H,8-9,17H2,1-5H3. The van der Waals surface area contributed by atoms with E-state index >= 15 is 0 Å². The number of carbonyl (C=O) groups excluding carboxylic acids is 1. The summed E-state index contributed by atoms with van der Waals surface area (Å²) in [5, 5.41) is 0. The van der Waals surface area contributed by atoms with Gasteiger partial charge in [0.15, 0.2) is 0 Å². The van der Waals surface area contributed by atoms with Crippen LogP contribution in [0.1, 0.15) is 41.8 Å². The zero-order valence-electron chi connectivity index (χ0n) is 12.7. The van der Waals surface area contributed by atoms with E-state index in [1.54, 1.807) is 4.90 Å². The number of rotatable bonds is 5. The summed E-state index contributed by atoms with van der Waals surface area (Å²) < 4.78 is 0. The zero-order valence-corrected chi connectivity index (χ0v) is 12.7. The molecule has 1 aromatic rings. The number of benzene rings is 1. The summed E-state index contributed by atoms with van der Waals surface area (Å²) >= 11 is 0. The molecule has 0 aromatic heterocycles. The molecule has 0 bridgehead atoms. The van der Waals surface area contributed by atoms with Crippen LogP contribution in [0.2, 0.25) is 0 Å². The average Bonchev–Trinajstić information content (AvgIpc) is 2.37. The number of nitrogens with two attached hydrogens (primary N) is 1. The van der Waals surface area contributed by atoms with Crippen LogP contribution in [0.5, 0.6) is 0 Å². The van der Waals surface area contributed by atoms with Crippen LogP contribution in [-0.2, 0) is 0 Å². The van der Waals surface area contributed by atoms with E-state index in [-0.39, 0.29) is 11.9 Å². The zero-order chi connectivity index (χ0) is 14.6. The third-order valence-corrected chi connectivity index (χ3v) is 3.75. The molecule has 0 aliphatic carbocycles. The number of aryl methyl sites for hydroxylation is 2. The van der Waals surface area contributed by atoms with Gasteiger partial charge in [0.2, 0.25) is 0 Å². The largest absolute Gasteiger partial charge is 0.342 e. The molecule has 0 saturated carbocycles. The number of hydrogen-bond acceptors (Lipinski definition) is 2. The highest BCUT2D eigenvalue weighted by molar-refractivity contribution is 5.94. The molecule has 0 radical (unpaired) electrons. The minimum absolute atomic E-state index is 0.0686. The quantitative estimate of drug-likeness (QED) is 0.887. The maximum Gasteiger partial charge on any atom is 0.253 e. The minimum Gasteiger partial charge on any atom is -0.342 e. The van der Waals surface area contributed by atoms with Gasteiger partial charge >= 0.3 is 0 Å². The molecule has 0 aliphatic rings. The average molecular weight is 262 g/mol. The predicted octanol–water partition coefficient (Wildman–Crippen LogP) is 2.75. The summed E-state index contributed by atoms with van der Waals surface area (Å²) in [4.78, 5) is 14.0. The Morgan fingerprint density at radius 3 is 2.42 bits per heavy atom. The van der Waals surface area contributed by atoms with Crippen molar-refractivity contribution in [2.24, 2.45) is 11.7 Å². The van der Waals surface area contributed by atoms with Gasteiger partial charge in [-0.3, -0.25) is 4.79 Å². The van der Waals surface area contributed by atoms with Gasteiger partial charge in [0.25, 0.3) is 5.91 Å². The highest BCUT2D eigenvalue weighted by Crippen LogP contribution is 2.12. The fourth-order valence-electron chi connectivity index (χ4n) is 1.87. The summed E-state index contributed by atoms with van der Waals surface area (Å²) in [5.74, 6) is 0.518. The van der Waals surface area contributed by atoms with Crippen LogP contribution < -0.4 is 5.73 Å². The molecule has 2 N–H and O–H groups in total. The lowest BCUT2D eigenvalue weighted by molar-refractivity contribution is 0.0789. The van der Waals surface area contributed by atoms with Gasteiger partial charge in [-0.15, -0.1) is 0 Å². The van der Waals surface area contributed by atoms with Crippen LogP contribution in [0.15, 0.2) is 18.2 Å². The fraction of sp³-hybridized carbons (Fsp3) is 0.562. The molecule has 0 saturated heterocycles. The lowest BCUT2D eigenvalue weighted by Gasteiger charge is -2.22. The molecular weight excluding hydrogens is 236 g/mol. The molecule has 1 rings (SSSR count). The lowest BCUT2D eigenvalue weighted by atomic mass is 10.0. The number of nitrogens with zero attached hydrogens (tertiary/aromatic N) is 1. The van der Waals surface area contributed by atoms with Crippen molar-refractivity contribution < 1.29 is 4.79 Å². The maximum atomic E-state index is 12.3. The van der Waals surface area contributed by atoms with Crippen molar-refractivity contribution in [3.8, 4) is 0 Å². The molecule has 0 spiro atoms. The Hall–Kier alpha value is -1.35. The summed E-state index contributed by atoms with van der Waals surface area (Å²) in [6, 6.07) is 5.99. The van der Waals surface area contributed by atoms with Gasteiger partial charge < -0.3 is 10.6 Å². The van der Waals surface area contributed by atoms with E-state index in [1.165, 1.54) is 5.56 Å². The molecule has 19 heavy (non-hydrogen) atoms. The topological polar surface area (TPSA) is 46.3 Å². The van der Waals surface area contributed by atoms with Crippen molar-refractivity contribution in [2.75, 3.05) is 13.6 Å². The van der Waals surface area contributed by atoms with E-state index in [9.17, 15) is 4.79 Å². The van der Waals surface area contributed by atoms with Crippen LogP contribution in [-0.4, -0.2) is 30.4 Å². The smallest absolute Gasteiger partial charge is 0.253 e. The highest BCUT2D eigenvalue weighted by atomic mass is 16.2. The molecule has 3 heteroatoms. The van der Waals surface area contributed by atoms with Gasteiger partial charge in [0, 0.05) is 25.2 Å². The molecule has 1 unspecified atom stereocenters. The number of carbonyl (C=O) groups is 1. The molecule has 1 aromatic carbocycles. The van der Waals surface area contributed by atoms with Crippen molar-refractivity contribution in [1.29, 1.82) is 0 Å². The Balaban J connectivity index is 2.64. The van der Waals surface area contributed by atoms with Gasteiger partial charge in [-0.25, -0.2) is 0 Å². The van der Waals surface area contributed by atoms with Crippen LogP contribution in [0.4, 0.5) is 0 Å². The first kappa shape index (κ1) is 15.7. The molecule has 106 valence electrons. The number of amides is 1. The summed E-state index contributed by atoms with van der Waals surface area (Å²) in [6.07, 6.45) is 0.838. The normalized spacial score (nSPS) is 12.6. The summed E-state index contributed by atoms with van der Waals surface area (Å²) in [6.45, 7) is 8.99. The summed E-state index contributed by atoms with van der Waals surface area (Å²) in [5.41, 5.74) is 9.12. The third-order valence-electron chi connectivity index (χ3n) is 3.75. The van der Waals surface area contributed by atoms with Crippen molar-refractivity contribution >= 4 is 5.91 Å². The van der Waals surface area contributed by atoms with E-state index in [4.69, 9.17) is 5.73 Å². The Kier molecular flexibility index (Phi) is 5.55. The van der Waals surface area contributed by atoms with Crippen LogP contribution >= 0.6 is 0 Å². The second kappa shape index (κ2) is 6.71. The Morgan fingerprint density at radius 2 is 1.89 bits per heavy atom. The molecule has 0 fully saturated rings. The SMILES string of the molecule is Cc1ccc(C(=O)N(C)CCC(N)C(C)C)cc1C. The maximum absolute atomic E-state index is 12.3. The van der Waals surface area contributed by atoms with E-state index in [2.05, 4.69) is 20.8 Å². The molecule has 0 heterocycles. The van der Waals surface area contributed by atoms with E-state index in [0.717, 1.165) is 17.5 Å². The first-order chi connectivity index (χ1) is 8.82. The molecule has 1 atom stereocenters. The van der Waals surface area contributed by atoms with E-state index in [1.807, 2.05) is 32.2 Å². The van der Waals surface area contributed by atoms with Crippen LogP contribution in [0.25, 0.3) is 0 Å². The highest BCUT2D eigenvalue weighted by Gasteiger charge is 2.14. The van der Waals surface area contributed by atoms with E-state index < -0.39 is 0 Å². The van der Waals surface area contributed by atoms with Gasteiger partial charge in [0.05, 0.1) is 0 Å². The van der Waals surface area contributed by atoms with Crippen molar-refractivity contribution in [2.45, 2.75) is 40.2 Å². The Labute approximate surface area is 116 Å². The number of hydrogen-bond donors (Lipinski definition) is 1. The second-order valence-electron chi connectivity index (χ2n) is 5.72. The van der Waals surface area contributed by atoms with Crippen molar-refractivity contribution in [1.82, 2.24) is 4.90 Å².